The Kier molecular flexibility index (Phi) is 7.68. The second-order valence-electron chi connectivity index (χ2n) is 7.37. The second kappa shape index (κ2) is 10.3. The van der Waals surface area contributed by atoms with Crippen molar-refractivity contribution in [3.8, 4) is 0 Å². The third kappa shape index (κ3) is 5.32. The van der Waals surface area contributed by atoms with Crippen LogP contribution < -0.4 is 5.32 Å². The van der Waals surface area contributed by atoms with Gasteiger partial charge in [0.1, 0.15) is 5.00 Å². The summed E-state index contributed by atoms with van der Waals surface area (Å²) in [7, 11) is -2.44. The Balaban J connectivity index is 1.80. The maximum absolute atomic E-state index is 13.1. The van der Waals surface area contributed by atoms with E-state index in [1.807, 2.05) is 37.3 Å². The first-order valence-corrected chi connectivity index (χ1v) is 12.6. The molecule has 0 spiro atoms. The Hall–Kier alpha value is -3.01. The van der Waals surface area contributed by atoms with Gasteiger partial charge in [-0.05, 0) is 49.2 Å². The van der Waals surface area contributed by atoms with Gasteiger partial charge in [-0.15, -0.1) is 11.3 Å². The summed E-state index contributed by atoms with van der Waals surface area (Å²) < 4.78 is 32.4. The third-order valence-corrected chi connectivity index (χ3v) is 8.37. The Morgan fingerprint density at radius 1 is 1.03 bits per heavy atom. The van der Waals surface area contributed by atoms with E-state index in [1.54, 1.807) is 13.8 Å². The molecule has 9 heteroatoms. The number of hydrogen-bond acceptors (Lipinski definition) is 6. The number of sulfonamides is 1. The smallest absolute Gasteiger partial charge is 0.341 e. The average molecular weight is 487 g/mol. The molecule has 0 aliphatic carbocycles. The summed E-state index contributed by atoms with van der Waals surface area (Å²) in [5, 5.41) is 3.15. The number of methoxy groups -OCH3 is 1. The van der Waals surface area contributed by atoms with Gasteiger partial charge in [0, 0.05) is 23.5 Å². The van der Waals surface area contributed by atoms with Gasteiger partial charge in [0.05, 0.1) is 17.6 Å². The summed E-state index contributed by atoms with van der Waals surface area (Å²) in [5.41, 5.74) is 2.25. The molecule has 174 valence electrons. The number of ether oxygens (including phenoxy) is 1. The van der Waals surface area contributed by atoms with E-state index < -0.39 is 21.9 Å². The van der Waals surface area contributed by atoms with Gasteiger partial charge in [-0.2, -0.15) is 4.31 Å². The molecule has 0 atom stereocenters. The molecule has 0 aliphatic heterocycles. The van der Waals surface area contributed by atoms with Gasteiger partial charge in [0.15, 0.2) is 0 Å². The molecule has 33 heavy (non-hydrogen) atoms. The maximum Gasteiger partial charge on any atom is 0.341 e. The van der Waals surface area contributed by atoms with Crippen molar-refractivity contribution < 1.29 is 22.7 Å². The molecule has 3 rings (SSSR count). The molecule has 0 saturated heterocycles. The number of rotatable bonds is 8. The van der Waals surface area contributed by atoms with Crippen molar-refractivity contribution in [2.75, 3.05) is 19.0 Å². The van der Waals surface area contributed by atoms with Gasteiger partial charge in [0.2, 0.25) is 10.0 Å². The number of amides is 1. The van der Waals surface area contributed by atoms with Gasteiger partial charge >= 0.3 is 5.97 Å². The first-order valence-electron chi connectivity index (χ1n) is 10.3. The van der Waals surface area contributed by atoms with Crippen LogP contribution in [0.25, 0.3) is 0 Å². The summed E-state index contributed by atoms with van der Waals surface area (Å²) in [5.74, 6) is -0.964. The Morgan fingerprint density at radius 2 is 1.67 bits per heavy atom. The van der Waals surface area contributed by atoms with E-state index in [4.69, 9.17) is 4.74 Å². The highest BCUT2D eigenvalue weighted by molar-refractivity contribution is 7.89. The number of anilines is 1. The van der Waals surface area contributed by atoms with E-state index >= 15 is 0 Å². The number of benzene rings is 2. The average Bonchev–Trinajstić information content (AvgIpc) is 3.10. The largest absolute Gasteiger partial charge is 0.465 e. The van der Waals surface area contributed by atoms with Crippen molar-refractivity contribution >= 4 is 38.2 Å². The lowest BCUT2D eigenvalue weighted by Crippen LogP contribution is -2.30. The standard InChI is InChI=1S/C24H26N2O5S2/c1-5-26(15-18-9-7-6-8-10-18)33(29,30)20-13-11-19(12-14-20)22(27)25-23-21(24(28)31-4)16(2)17(3)32-23/h6-14H,5,15H2,1-4H3,(H,25,27). The molecule has 1 N–H and O–H groups in total. The molecule has 0 saturated carbocycles. The molecule has 0 fully saturated rings. The number of aryl methyl sites for hydroxylation is 1. The van der Waals surface area contributed by atoms with E-state index in [9.17, 15) is 18.0 Å². The number of nitrogens with zero attached hydrogens (tertiary/aromatic N) is 1. The highest BCUT2D eigenvalue weighted by atomic mass is 32.2. The molecule has 1 aromatic heterocycles. The number of hydrogen-bond donors (Lipinski definition) is 1. The first kappa shape index (κ1) is 24.6. The summed E-state index contributed by atoms with van der Waals surface area (Å²) in [6.45, 7) is 6.01. The van der Waals surface area contributed by atoms with Crippen LogP contribution in [0.5, 0.6) is 0 Å². The molecular weight excluding hydrogens is 460 g/mol. The maximum atomic E-state index is 13.1. The minimum Gasteiger partial charge on any atom is -0.465 e. The van der Waals surface area contributed by atoms with Crippen LogP contribution in [0, 0.1) is 13.8 Å². The third-order valence-electron chi connectivity index (χ3n) is 5.31. The fourth-order valence-corrected chi connectivity index (χ4v) is 5.80. The number of thiophene rings is 1. The number of esters is 1. The highest BCUT2D eigenvalue weighted by Crippen LogP contribution is 2.33. The van der Waals surface area contributed by atoms with E-state index in [0.717, 1.165) is 16.0 Å². The van der Waals surface area contributed by atoms with Gasteiger partial charge < -0.3 is 10.1 Å². The minimum atomic E-state index is -3.73. The topological polar surface area (TPSA) is 92.8 Å². The monoisotopic (exact) mass is 486 g/mol. The zero-order chi connectivity index (χ0) is 24.2. The van der Waals surface area contributed by atoms with Crippen LogP contribution in [-0.4, -0.2) is 38.3 Å². The van der Waals surface area contributed by atoms with E-state index in [2.05, 4.69) is 5.32 Å². The van der Waals surface area contributed by atoms with Crippen LogP contribution in [0.4, 0.5) is 5.00 Å². The zero-order valence-electron chi connectivity index (χ0n) is 18.9. The molecule has 0 unspecified atom stereocenters. The molecule has 3 aromatic rings. The Labute approximate surface area is 198 Å². The van der Waals surface area contributed by atoms with Gasteiger partial charge in [-0.1, -0.05) is 37.3 Å². The summed E-state index contributed by atoms with van der Waals surface area (Å²) in [6.07, 6.45) is 0. The minimum absolute atomic E-state index is 0.106. The van der Waals surface area contributed by atoms with Crippen LogP contribution in [0.15, 0.2) is 59.5 Å². The van der Waals surface area contributed by atoms with Gasteiger partial charge in [0.25, 0.3) is 5.91 Å². The molecule has 0 radical (unpaired) electrons. The molecule has 0 bridgehead atoms. The molecule has 1 heterocycles. The van der Waals surface area contributed by atoms with Crippen molar-refractivity contribution in [3.63, 3.8) is 0 Å². The number of carbonyl (C=O) groups is 2. The van der Waals surface area contributed by atoms with Crippen molar-refractivity contribution in [2.24, 2.45) is 0 Å². The summed E-state index contributed by atoms with van der Waals surface area (Å²) in [4.78, 5) is 25.9. The van der Waals surface area contributed by atoms with Crippen molar-refractivity contribution in [1.82, 2.24) is 4.31 Å². The van der Waals surface area contributed by atoms with E-state index in [1.165, 1.54) is 47.0 Å². The van der Waals surface area contributed by atoms with Crippen LogP contribution >= 0.6 is 11.3 Å². The van der Waals surface area contributed by atoms with Crippen LogP contribution in [0.2, 0.25) is 0 Å². The van der Waals surface area contributed by atoms with E-state index in [-0.39, 0.29) is 17.0 Å². The molecule has 2 aromatic carbocycles. The SMILES string of the molecule is CCN(Cc1ccccc1)S(=O)(=O)c1ccc(C(=O)Nc2sc(C)c(C)c2C(=O)OC)cc1. The van der Waals surface area contributed by atoms with Crippen molar-refractivity contribution in [2.45, 2.75) is 32.2 Å². The molecule has 0 aliphatic rings. The normalized spacial score (nSPS) is 11.4. The predicted octanol–water partition coefficient (Wildman–Crippen LogP) is 4.61. The lowest BCUT2D eigenvalue weighted by molar-refractivity contribution is 0.0601. The highest BCUT2D eigenvalue weighted by Gasteiger charge is 2.25. The Morgan fingerprint density at radius 3 is 2.24 bits per heavy atom. The second-order valence-corrected chi connectivity index (χ2v) is 10.5. The fraction of sp³-hybridized carbons (Fsp3) is 0.250. The fourth-order valence-electron chi connectivity index (χ4n) is 3.32. The lowest BCUT2D eigenvalue weighted by atomic mass is 10.1. The molecular formula is C24H26N2O5S2. The number of nitrogens with one attached hydrogen (secondary N) is 1. The first-order chi connectivity index (χ1) is 15.7. The van der Waals surface area contributed by atoms with Gasteiger partial charge in [-0.25, -0.2) is 13.2 Å². The molecule has 7 nitrogen and oxygen atoms in total. The lowest BCUT2D eigenvalue weighted by Gasteiger charge is -2.20. The zero-order valence-corrected chi connectivity index (χ0v) is 20.5. The van der Waals surface area contributed by atoms with Crippen LogP contribution in [0.3, 0.4) is 0 Å². The summed E-state index contributed by atoms with van der Waals surface area (Å²) >= 11 is 1.29. The van der Waals surface area contributed by atoms with Crippen LogP contribution in [0.1, 0.15) is 43.6 Å². The number of carbonyl (C=O) groups excluding carboxylic acids is 2. The van der Waals surface area contributed by atoms with Gasteiger partial charge in [-0.3, -0.25) is 4.79 Å². The van der Waals surface area contributed by atoms with Crippen molar-refractivity contribution in [3.05, 3.63) is 81.7 Å². The van der Waals surface area contributed by atoms with Crippen molar-refractivity contribution in [1.29, 1.82) is 0 Å². The van der Waals surface area contributed by atoms with Crippen LogP contribution in [-0.2, 0) is 21.3 Å². The molecule has 1 amide bonds. The Bertz CT molecular complexity index is 1250. The predicted molar refractivity (Wildman–Crippen MR) is 129 cm³/mol. The quantitative estimate of drug-likeness (QED) is 0.469. The van der Waals surface area contributed by atoms with E-state index in [0.29, 0.717) is 17.1 Å². The summed E-state index contributed by atoms with van der Waals surface area (Å²) in [6, 6.07) is 15.1.